The summed E-state index contributed by atoms with van der Waals surface area (Å²) in [7, 11) is 0. The molecule has 0 amide bonds. The van der Waals surface area contributed by atoms with Crippen molar-refractivity contribution in [1.82, 2.24) is 14.3 Å². The summed E-state index contributed by atoms with van der Waals surface area (Å²) >= 11 is 1.65. The number of imidazole rings is 1. The second kappa shape index (κ2) is 13.7. The maximum atomic E-state index is 4.25. The monoisotopic (exact) mass is 307 g/mol. The largest absolute Gasteiger partial charge is 0.330 e. The topological polar surface area (TPSA) is 29.9 Å². The number of aromatic nitrogens is 2. The molecule has 0 aromatic carbocycles. The maximum Gasteiger partial charge on any atom is 0.0951 e. The van der Waals surface area contributed by atoms with Crippen LogP contribution in [-0.2, 0) is 13.0 Å². The minimum atomic E-state index is 0.844. The van der Waals surface area contributed by atoms with Crippen LogP contribution in [0.2, 0.25) is 0 Å². The van der Waals surface area contributed by atoms with E-state index in [1.165, 1.54) is 11.3 Å². The predicted molar refractivity (Wildman–Crippen MR) is 96.5 cm³/mol. The van der Waals surface area contributed by atoms with Crippen molar-refractivity contribution in [3.05, 3.63) is 54.7 Å². The first-order valence-corrected chi connectivity index (χ1v) is 8.77. The molecule has 118 valence electrons. The first-order valence-electron chi connectivity index (χ1n) is 7.54. The van der Waals surface area contributed by atoms with Gasteiger partial charge >= 0.3 is 0 Å². The van der Waals surface area contributed by atoms with E-state index in [0.717, 1.165) is 25.9 Å². The fourth-order valence-corrected chi connectivity index (χ4v) is 2.06. The molecule has 1 aromatic heterocycles. The van der Waals surface area contributed by atoms with E-state index in [1.807, 2.05) is 38.7 Å². The molecule has 1 heterocycles. The lowest BCUT2D eigenvalue weighted by Crippen LogP contribution is -2.11. The summed E-state index contributed by atoms with van der Waals surface area (Å²) in [5.74, 6) is 0. The van der Waals surface area contributed by atoms with Gasteiger partial charge in [0.2, 0.25) is 0 Å². The van der Waals surface area contributed by atoms with Crippen LogP contribution < -0.4 is 4.72 Å². The van der Waals surface area contributed by atoms with E-state index in [4.69, 9.17) is 0 Å². The van der Waals surface area contributed by atoms with Crippen LogP contribution in [0.1, 0.15) is 32.9 Å². The Labute approximate surface area is 134 Å². The second-order valence-corrected chi connectivity index (χ2v) is 4.85. The van der Waals surface area contributed by atoms with Crippen LogP contribution in [0.15, 0.2) is 49.0 Å². The SMILES string of the molecule is C=C/C=C(\C=C/CC)Cn1cncc1CCNSC.CC. The predicted octanol–water partition coefficient (Wildman–Crippen LogP) is 4.40. The Balaban J connectivity index is 0.00000191. The highest BCUT2D eigenvalue weighted by atomic mass is 32.2. The van der Waals surface area contributed by atoms with E-state index in [1.54, 1.807) is 11.9 Å². The zero-order valence-corrected chi connectivity index (χ0v) is 14.6. The van der Waals surface area contributed by atoms with Crippen LogP contribution in [0.3, 0.4) is 0 Å². The van der Waals surface area contributed by atoms with Crippen molar-refractivity contribution in [3.63, 3.8) is 0 Å². The van der Waals surface area contributed by atoms with Gasteiger partial charge in [-0.25, -0.2) is 4.98 Å². The summed E-state index contributed by atoms with van der Waals surface area (Å²) in [6.45, 7) is 11.7. The molecule has 4 heteroatoms. The van der Waals surface area contributed by atoms with Crippen molar-refractivity contribution in [2.75, 3.05) is 12.8 Å². The van der Waals surface area contributed by atoms with E-state index < -0.39 is 0 Å². The molecule has 0 aliphatic heterocycles. The molecule has 1 rings (SSSR count). The van der Waals surface area contributed by atoms with Crippen molar-refractivity contribution in [3.8, 4) is 0 Å². The number of hydrogen-bond acceptors (Lipinski definition) is 3. The minimum absolute atomic E-state index is 0.844. The average molecular weight is 308 g/mol. The van der Waals surface area contributed by atoms with Gasteiger partial charge in [0.25, 0.3) is 0 Å². The van der Waals surface area contributed by atoms with Gasteiger partial charge in [-0.1, -0.05) is 63.6 Å². The molecule has 21 heavy (non-hydrogen) atoms. The number of nitrogens with zero attached hydrogens (tertiary/aromatic N) is 2. The molecule has 1 N–H and O–H groups in total. The summed E-state index contributed by atoms with van der Waals surface area (Å²) in [6.07, 6.45) is 16.1. The molecule has 0 saturated carbocycles. The van der Waals surface area contributed by atoms with E-state index in [-0.39, 0.29) is 0 Å². The fraction of sp³-hybridized carbons (Fsp3) is 0.471. The molecule has 0 unspecified atom stereocenters. The lowest BCUT2D eigenvalue weighted by Gasteiger charge is -2.09. The van der Waals surface area contributed by atoms with Crippen molar-refractivity contribution in [1.29, 1.82) is 0 Å². The highest BCUT2D eigenvalue weighted by Crippen LogP contribution is 2.08. The van der Waals surface area contributed by atoms with Gasteiger partial charge in [0, 0.05) is 31.4 Å². The zero-order valence-electron chi connectivity index (χ0n) is 13.8. The third-order valence-corrected chi connectivity index (χ3v) is 3.17. The van der Waals surface area contributed by atoms with E-state index >= 15 is 0 Å². The Kier molecular flexibility index (Phi) is 12.9. The van der Waals surface area contributed by atoms with Crippen LogP contribution in [0, 0.1) is 0 Å². The smallest absolute Gasteiger partial charge is 0.0951 e. The van der Waals surface area contributed by atoms with Gasteiger partial charge < -0.3 is 4.57 Å². The third-order valence-electron chi connectivity index (χ3n) is 2.68. The van der Waals surface area contributed by atoms with Crippen molar-refractivity contribution >= 4 is 11.9 Å². The van der Waals surface area contributed by atoms with Crippen molar-refractivity contribution < 1.29 is 0 Å². The van der Waals surface area contributed by atoms with Crippen molar-refractivity contribution in [2.45, 2.75) is 40.2 Å². The maximum absolute atomic E-state index is 4.25. The summed E-state index contributed by atoms with van der Waals surface area (Å²) in [4.78, 5) is 4.25. The first kappa shape index (κ1) is 19.7. The molecular formula is C17H29N3S. The van der Waals surface area contributed by atoms with Gasteiger partial charge in [0.15, 0.2) is 0 Å². The fourth-order valence-electron chi connectivity index (χ4n) is 1.76. The van der Waals surface area contributed by atoms with Gasteiger partial charge in [-0.2, -0.15) is 0 Å². The van der Waals surface area contributed by atoms with Crippen LogP contribution in [0.25, 0.3) is 0 Å². The van der Waals surface area contributed by atoms with Gasteiger partial charge in [-0.15, -0.1) is 0 Å². The molecular weight excluding hydrogens is 278 g/mol. The van der Waals surface area contributed by atoms with E-state index in [2.05, 4.69) is 46.0 Å². The van der Waals surface area contributed by atoms with Gasteiger partial charge in [0.1, 0.15) is 0 Å². The average Bonchev–Trinajstić information content (AvgIpc) is 2.95. The number of allylic oxidation sites excluding steroid dienone is 5. The summed E-state index contributed by atoms with van der Waals surface area (Å²) in [6, 6.07) is 0. The molecule has 0 aliphatic carbocycles. The lowest BCUT2D eigenvalue weighted by atomic mass is 10.2. The Morgan fingerprint density at radius 3 is 2.86 bits per heavy atom. The second-order valence-electron chi connectivity index (χ2n) is 4.15. The normalized spacial score (nSPS) is 11.3. The van der Waals surface area contributed by atoms with Gasteiger partial charge in [-0.05, 0) is 18.2 Å². The number of nitrogens with one attached hydrogen (secondary N) is 1. The Bertz CT molecular complexity index is 433. The zero-order chi connectivity index (χ0) is 15.9. The minimum Gasteiger partial charge on any atom is -0.330 e. The highest BCUT2D eigenvalue weighted by molar-refractivity contribution is 7.96. The summed E-state index contributed by atoms with van der Waals surface area (Å²) in [5, 5.41) is 0. The van der Waals surface area contributed by atoms with Crippen LogP contribution in [-0.4, -0.2) is 22.4 Å². The van der Waals surface area contributed by atoms with Gasteiger partial charge in [-0.3, -0.25) is 4.72 Å². The van der Waals surface area contributed by atoms with Crippen LogP contribution in [0.5, 0.6) is 0 Å². The molecule has 0 radical (unpaired) electrons. The number of rotatable bonds is 9. The highest BCUT2D eigenvalue weighted by Gasteiger charge is 2.02. The van der Waals surface area contributed by atoms with Crippen molar-refractivity contribution in [2.24, 2.45) is 0 Å². The van der Waals surface area contributed by atoms with Crippen LogP contribution in [0.4, 0.5) is 0 Å². The van der Waals surface area contributed by atoms with E-state index in [0.29, 0.717) is 0 Å². The van der Waals surface area contributed by atoms with Crippen LogP contribution >= 0.6 is 11.9 Å². The van der Waals surface area contributed by atoms with E-state index in [9.17, 15) is 0 Å². The quantitative estimate of drug-likeness (QED) is 0.417. The Morgan fingerprint density at radius 2 is 2.24 bits per heavy atom. The standard InChI is InChI=1S/C15H23N3S.C2H6/c1-4-6-8-14(7-5-2)12-18-13-16-11-15(18)9-10-17-19-3;1-2/h5-8,11,13,17H,2,4,9-10,12H2,1,3H3;1-2H3/b8-6-,14-7+;. The molecule has 0 saturated heterocycles. The molecule has 0 bridgehead atoms. The van der Waals surface area contributed by atoms with Gasteiger partial charge in [0.05, 0.1) is 6.33 Å². The first-order chi connectivity index (χ1) is 10.3. The number of hydrogen-bond donors (Lipinski definition) is 1. The molecule has 0 spiro atoms. The molecule has 0 aliphatic rings. The molecule has 0 fully saturated rings. The Morgan fingerprint density at radius 1 is 1.48 bits per heavy atom. The molecule has 0 atom stereocenters. The Hall–Kier alpha value is -1.26. The summed E-state index contributed by atoms with van der Waals surface area (Å²) < 4.78 is 5.45. The molecule has 1 aromatic rings. The lowest BCUT2D eigenvalue weighted by molar-refractivity contribution is 0.725. The third kappa shape index (κ3) is 8.58. The summed E-state index contributed by atoms with van der Waals surface area (Å²) in [5.41, 5.74) is 2.50. The molecule has 3 nitrogen and oxygen atoms in total.